The molecule has 0 aliphatic rings. The van der Waals surface area contributed by atoms with Crippen molar-refractivity contribution in [3.63, 3.8) is 0 Å². The summed E-state index contributed by atoms with van der Waals surface area (Å²) in [4.78, 5) is 0. The van der Waals surface area contributed by atoms with Gasteiger partial charge in [0.2, 0.25) is 0 Å². The van der Waals surface area contributed by atoms with E-state index in [2.05, 4.69) is 15.9 Å². The number of benzene rings is 2. The van der Waals surface area contributed by atoms with Gasteiger partial charge in [-0.1, -0.05) is 33.6 Å². The van der Waals surface area contributed by atoms with Gasteiger partial charge in [-0.25, -0.2) is 0 Å². The molecule has 0 spiro atoms. The Kier molecular flexibility index (Phi) is 5.15. The number of halogens is 2. The standard InChI is InChI=1S/C15H14BrClO3/c1-18-11-6-12(19-2)8-13(7-11)20-15-4-3-10(9-16)5-14(15)17/h3-8H,9H2,1-2H3. The van der Waals surface area contributed by atoms with Crippen LogP contribution in [0.1, 0.15) is 5.56 Å². The lowest BCUT2D eigenvalue weighted by Gasteiger charge is -2.11. The number of ether oxygens (including phenoxy) is 3. The second-order valence-electron chi connectivity index (χ2n) is 4.05. The van der Waals surface area contributed by atoms with Gasteiger partial charge in [-0.2, -0.15) is 0 Å². The van der Waals surface area contributed by atoms with E-state index in [1.165, 1.54) is 0 Å². The van der Waals surface area contributed by atoms with Crippen LogP contribution < -0.4 is 14.2 Å². The molecule has 0 fully saturated rings. The summed E-state index contributed by atoms with van der Waals surface area (Å²) in [5.74, 6) is 2.52. The minimum atomic E-state index is 0.559. The molecule has 106 valence electrons. The summed E-state index contributed by atoms with van der Waals surface area (Å²) in [6, 6.07) is 11.0. The Morgan fingerprint density at radius 3 is 2.05 bits per heavy atom. The average molecular weight is 358 g/mol. The lowest BCUT2D eigenvalue weighted by molar-refractivity contribution is 0.386. The predicted octanol–water partition coefficient (Wildman–Crippen LogP) is 5.04. The molecule has 0 saturated carbocycles. The molecular weight excluding hydrogens is 344 g/mol. The lowest BCUT2D eigenvalue weighted by Crippen LogP contribution is -1.91. The largest absolute Gasteiger partial charge is 0.496 e. The molecule has 2 aromatic rings. The predicted molar refractivity (Wildman–Crippen MR) is 83.7 cm³/mol. The maximum atomic E-state index is 6.20. The molecule has 0 saturated heterocycles. The normalized spacial score (nSPS) is 10.2. The van der Waals surface area contributed by atoms with E-state index in [9.17, 15) is 0 Å². The fourth-order valence-corrected chi connectivity index (χ4v) is 2.27. The fraction of sp³-hybridized carbons (Fsp3) is 0.200. The van der Waals surface area contributed by atoms with Crippen molar-refractivity contribution < 1.29 is 14.2 Å². The molecule has 2 aromatic carbocycles. The highest BCUT2D eigenvalue weighted by Gasteiger charge is 2.07. The first-order valence-electron chi connectivity index (χ1n) is 5.91. The van der Waals surface area contributed by atoms with E-state index in [-0.39, 0.29) is 0 Å². The summed E-state index contributed by atoms with van der Waals surface area (Å²) in [5, 5.41) is 1.31. The van der Waals surface area contributed by atoms with Gasteiger partial charge in [-0.15, -0.1) is 0 Å². The second kappa shape index (κ2) is 6.86. The first-order chi connectivity index (χ1) is 9.66. The molecule has 0 unspecified atom stereocenters. The van der Waals surface area contributed by atoms with Gasteiger partial charge in [0.15, 0.2) is 0 Å². The number of hydrogen-bond donors (Lipinski definition) is 0. The van der Waals surface area contributed by atoms with Gasteiger partial charge >= 0.3 is 0 Å². The van der Waals surface area contributed by atoms with Crippen molar-refractivity contribution in [3.05, 3.63) is 47.0 Å². The highest BCUT2D eigenvalue weighted by molar-refractivity contribution is 9.08. The second-order valence-corrected chi connectivity index (χ2v) is 5.02. The first-order valence-corrected chi connectivity index (χ1v) is 7.41. The van der Waals surface area contributed by atoms with Crippen LogP contribution in [0.25, 0.3) is 0 Å². The molecular formula is C15H14BrClO3. The van der Waals surface area contributed by atoms with Crippen LogP contribution in [0.2, 0.25) is 5.02 Å². The summed E-state index contributed by atoms with van der Waals surface area (Å²) in [6.07, 6.45) is 0. The maximum Gasteiger partial charge on any atom is 0.146 e. The van der Waals surface area contributed by atoms with Crippen molar-refractivity contribution in [2.24, 2.45) is 0 Å². The van der Waals surface area contributed by atoms with Gasteiger partial charge in [-0.05, 0) is 17.7 Å². The summed E-state index contributed by atoms with van der Waals surface area (Å²) >= 11 is 9.59. The third kappa shape index (κ3) is 3.58. The van der Waals surface area contributed by atoms with E-state index in [1.54, 1.807) is 32.4 Å². The number of methoxy groups -OCH3 is 2. The number of hydrogen-bond acceptors (Lipinski definition) is 3. The van der Waals surface area contributed by atoms with Crippen LogP contribution in [0.15, 0.2) is 36.4 Å². The Hall–Kier alpha value is -1.39. The van der Waals surface area contributed by atoms with E-state index < -0.39 is 0 Å². The highest BCUT2D eigenvalue weighted by atomic mass is 79.9. The molecule has 3 nitrogen and oxygen atoms in total. The maximum absolute atomic E-state index is 6.20. The van der Waals surface area contributed by atoms with Gasteiger partial charge < -0.3 is 14.2 Å². The molecule has 0 aliphatic carbocycles. The zero-order valence-corrected chi connectivity index (χ0v) is 13.5. The van der Waals surface area contributed by atoms with Crippen LogP contribution in [0.4, 0.5) is 0 Å². The Labute approximate surface area is 131 Å². The molecule has 0 aliphatic heterocycles. The molecule has 20 heavy (non-hydrogen) atoms. The van der Waals surface area contributed by atoms with Crippen molar-refractivity contribution in [2.45, 2.75) is 5.33 Å². The fourth-order valence-electron chi connectivity index (χ4n) is 1.68. The van der Waals surface area contributed by atoms with E-state index >= 15 is 0 Å². The van der Waals surface area contributed by atoms with Crippen LogP contribution in [-0.4, -0.2) is 14.2 Å². The van der Waals surface area contributed by atoms with Gasteiger partial charge in [0, 0.05) is 23.5 Å². The monoisotopic (exact) mass is 356 g/mol. The molecule has 5 heteroatoms. The van der Waals surface area contributed by atoms with Crippen LogP contribution in [0.3, 0.4) is 0 Å². The third-order valence-corrected chi connectivity index (χ3v) is 3.65. The van der Waals surface area contributed by atoms with Gasteiger partial charge in [0.1, 0.15) is 23.0 Å². The number of alkyl halides is 1. The summed E-state index contributed by atoms with van der Waals surface area (Å²) in [5.41, 5.74) is 1.09. The first kappa shape index (κ1) is 15.0. The van der Waals surface area contributed by atoms with Gasteiger partial charge in [0.05, 0.1) is 19.2 Å². The average Bonchev–Trinajstić information content (AvgIpc) is 2.48. The van der Waals surface area contributed by atoms with Crippen molar-refractivity contribution in [3.8, 4) is 23.0 Å². The zero-order valence-electron chi connectivity index (χ0n) is 11.2. The molecule has 2 rings (SSSR count). The van der Waals surface area contributed by atoms with Crippen LogP contribution in [-0.2, 0) is 5.33 Å². The molecule has 0 aromatic heterocycles. The molecule has 0 atom stereocenters. The molecule has 0 amide bonds. The molecule has 0 radical (unpaired) electrons. The Bertz CT molecular complexity index is 579. The smallest absolute Gasteiger partial charge is 0.146 e. The van der Waals surface area contributed by atoms with E-state index in [0.717, 1.165) is 10.9 Å². The van der Waals surface area contributed by atoms with E-state index in [4.69, 9.17) is 25.8 Å². The van der Waals surface area contributed by atoms with E-state index in [0.29, 0.717) is 28.0 Å². The topological polar surface area (TPSA) is 27.7 Å². The van der Waals surface area contributed by atoms with Crippen LogP contribution in [0, 0.1) is 0 Å². The number of rotatable bonds is 5. The Morgan fingerprint density at radius 2 is 1.55 bits per heavy atom. The van der Waals surface area contributed by atoms with Crippen molar-refractivity contribution in [1.82, 2.24) is 0 Å². The zero-order chi connectivity index (χ0) is 14.5. The molecule has 0 heterocycles. The van der Waals surface area contributed by atoms with Crippen molar-refractivity contribution in [1.29, 1.82) is 0 Å². The Morgan fingerprint density at radius 1 is 0.950 bits per heavy atom. The third-order valence-electron chi connectivity index (χ3n) is 2.70. The van der Waals surface area contributed by atoms with Crippen molar-refractivity contribution >= 4 is 27.5 Å². The van der Waals surface area contributed by atoms with Gasteiger partial charge in [0.25, 0.3) is 0 Å². The minimum absolute atomic E-state index is 0.559. The summed E-state index contributed by atoms with van der Waals surface area (Å²) in [6.45, 7) is 0. The summed E-state index contributed by atoms with van der Waals surface area (Å²) < 4.78 is 16.2. The minimum Gasteiger partial charge on any atom is -0.496 e. The lowest BCUT2D eigenvalue weighted by atomic mass is 10.2. The SMILES string of the molecule is COc1cc(OC)cc(Oc2ccc(CBr)cc2Cl)c1. The van der Waals surface area contributed by atoms with Crippen LogP contribution in [0.5, 0.6) is 23.0 Å². The molecule has 0 bridgehead atoms. The van der Waals surface area contributed by atoms with Crippen molar-refractivity contribution in [2.75, 3.05) is 14.2 Å². The van der Waals surface area contributed by atoms with Gasteiger partial charge in [-0.3, -0.25) is 0 Å². The highest BCUT2D eigenvalue weighted by Crippen LogP contribution is 2.34. The quantitative estimate of drug-likeness (QED) is 0.701. The van der Waals surface area contributed by atoms with Crippen LogP contribution >= 0.6 is 27.5 Å². The Balaban J connectivity index is 2.29. The summed E-state index contributed by atoms with van der Waals surface area (Å²) in [7, 11) is 3.19. The van der Waals surface area contributed by atoms with E-state index in [1.807, 2.05) is 18.2 Å². The molecule has 0 N–H and O–H groups in total.